The number of aromatic nitrogens is 1. The summed E-state index contributed by atoms with van der Waals surface area (Å²) < 4.78 is 55.0. The predicted molar refractivity (Wildman–Crippen MR) is 124 cm³/mol. The maximum Gasteiger partial charge on any atom is 0.433 e. The smallest absolute Gasteiger partial charge is 0.433 e. The maximum absolute atomic E-state index is 12.8. The first kappa shape index (κ1) is 24.7. The van der Waals surface area contributed by atoms with E-state index in [4.69, 9.17) is 25.8 Å². The lowest BCUT2D eigenvalue weighted by molar-refractivity contribution is -0.141. The summed E-state index contributed by atoms with van der Waals surface area (Å²) in [5.41, 5.74) is 0.865. The predicted octanol–water partition coefficient (Wildman–Crippen LogP) is 5.85. The average molecular weight is 507 g/mol. The lowest BCUT2D eigenvalue weighted by Crippen LogP contribution is -2.25. The Labute approximate surface area is 205 Å². The summed E-state index contributed by atoms with van der Waals surface area (Å²) in [5.74, 6) is 1.26. The number of pyridine rings is 1. The van der Waals surface area contributed by atoms with Gasteiger partial charge in [-0.25, -0.2) is 4.98 Å². The number of hydrogen-bond acceptors (Lipinski definition) is 5. The van der Waals surface area contributed by atoms with Gasteiger partial charge in [0.15, 0.2) is 0 Å². The van der Waals surface area contributed by atoms with Crippen LogP contribution in [0.3, 0.4) is 0 Å². The number of ether oxygens (including phenoxy) is 3. The van der Waals surface area contributed by atoms with Gasteiger partial charge < -0.3 is 19.5 Å². The lowest BCUT2D eigenvalue weighted by atomic mass is 10.1. The molecule has 0 aliphatic carbocycles. The van der Waals surface area contributed by atoms with Gasteiger partial charge in [0.05, 0.1) is 18.7 Å². The topological polar surface area (TPSA) is 69.7 Å². The summed E-state index contributed by atoms with van der Waals surface area (Å²) in [6.45, 7) is 0.839. The molecule has 0 fully saturated rings. The number of amides is 1. The zero-order valence-corrected chi connectivity index (χ0v) is 19.5. The molecule has 0 saturated heterocycles. The van der Waals surface area contributed by atoms with Crippen LogP contribution in [-0.2, 0) is 19.0 Å². The number of nitrogens with zero attached hydrogens (tertiary/aromatic N) is 1. The Hall–Kier alpha value is -3.46. The zero-order valence-electron chi connectivity index (χ0n) is 18.7. The van der Waals surface area contributed by atoms with Crippen molar-refractivity contribution < 1.29 is 32.2 Å². The van der Waals surface area contributed by atoms with E-state index in [1.807, 2.05) is 6.07 Å². The fourth-order valence-electron chi connectivity index (χ4n) is 3.64. The molecule has 2 heterocycles. The van der Waals surface area contributed by atoms with Crippen LogP contribution in [0.4, 0.5) is 13.2 Å². The summed E-state index contributed by atoms with van der Waals surface area (Å²) in [4.78, 5) is 16.0. The highest BCUT2D eigenvalue weighted by molar-refractivity contribution is 6.32. The standard InChI is InChI=1S/C25H22ClF3N2O4/c1-33-24-16(6-9-22(31-24)25(27,28)29)10-11-30-23(32)15-4-7-18(8-5-15)35-21-14-20-17(13-19(21)26)3-2-12-34-20/h4-9,13-14H,2-3,10-12H2,1H3,(H,30,32). The summed E-state index contributed by atoms with van der Waals surface area (Å²) in [6.07, 6.45) is -2.46. The molecule has 0 bridgehead atoms. The van der Waals surface area contributed by atoms with Gasteiger partial charge in [0, 0.05) is 23.7 Å². The van der Waals surface area contributed by atoms with Crippen molar-refractivity contribution in [3.63, 3.8) is 0 Å². The van der Waals surface area contributed by atoms with Gasteiger partial charge in [-0.15, -0.1) is 0 Å². The van der Waals surface area contributed by atoms with Crippen molar-refractivity contribution in [1.82, 2.24) is 10.3 Å². The third-order valence-corrected chi connectivity index (χ3v) is 5.71. The Balaban J connectivity index is 1.34. The van der Waals surface area contributed by atoms with E-state index < -0.39 is 11.9 Å². The Morgan fingerprint density at radius 2 is 1.94 bits per heavy atom. The van der Waals surface area contributed by atoms with Crippen LogP contribution in [0.1, 0.15) is 33.6 Å². The number of fused-ring (bicyclic) bond motifs is 1. The van der Waals surface area contributed by atoms with Gasteiger partial charge in [0.25, 0.3) is 5.91 Å². The number of benzene rings is 2. The Kier molecular flexibility index (Phi) is 7.35. The van der Waals surface area contributed by atoms with Crippen molar-refractivity contribution in [2.45, 2.75) is 25.4 Å². The molecule has 0 saturated carbocycles. The molecule has 0 atom stereocenters. The van der Waals surface area contributed by atoms with E-state index in [2.05, 4.69) is 10.3 Å². The minimum absolute atomic E-state index is 0.123. The molecule has 3 aromatic rings. The number of rotatable bonds is 7. The molecule has 35 heavy (non-hydrogen) atoms. The van der Waals surface area contributed by atoms with E-state index in [0.717, 1.165) is 30.2 Å². The molecule has 10 heteroatoms. The summed E-state index contributed by atoms with van der Waals surface area (Å²) in [6, 6.07) is 12.3. The zero-order chi connectivity index (χ0) is 25.0. The number of nitrogens with one attached hydrogen (secondary N) is 1. The molecule has 0 unspecified atom stereocenters. The first-order valence-corrected chi connectivity index (χ1v) is 11.2. The second kappa shape index (κ2) is 10.4. The minimum atomic E-state index is -4.56. The molecule has 6 nitrogen and oxygen atoms in total. The monoisotopic (exact) mass is 506 g/mol. The highest BCUT2D eigenvalue weighted by atomic mass is 35.5. The van der Waals surface area contributed by atoms with E-state index >= 15 is 0 Å². The molecule has 2 aromatic carbocycles. The number of methoxy groups -OCH3 is 1. The molecule has 1 aliphatic heterocycles. The second-order valence-corrected chi connectivity index (χ2v) is 8.24. The number of halogens is 4. The van der Waals surface area contributed by atoms with Gasteiger partial charge in [0.1, 0.15) is 22.9 Å². The fraction of sp³-hybridized carbons (Fsp3) is 0.280. The van der Waals surface area contributed by atoms with Crippen molar-refractivity contribution in [1.29, 1.82) is 0 Å². The molecule has 1 amide bonds. The maximum atomic E-state index is 12.8. The van der Waals surface area contributed by atoms with Crippen LogP contribution in [0, 0.1) is 0 Å². The first-order valence-electron chi connectivity index (χ1n) is 10.9. The Bertz CT molecular complexity index is 1220. The number of carbonyl (C=O) groups is 1. The quantitative estimate of drug-likeness (QED) is 0.435. The normalized spacial score (nSPS) is 12.9. The van der Waals surface area contributed by atoms with E-state index in [-0.39, 0.29) is 24.8 Å². The number of carbonyl (C=O) groups excluding carboxylic acids is 1. The third kappa shape index (κ3) is 5.97. The molecule has 0 spiro atoms. The van der Waals surface area contributed by atoms with Gasteiger partial charge in [-0.2, -0.15) is 13.2 Å². The van der Waals surface area contributed by atoms with Gasteiger partial charge in [-0.05, 0) is 61.2 Å². The summed E-state index contributed by atoms with van der Waals surface area (Å²) in [5, 5.41) is 3.21. The van der Waals surface area contributed by atoms with Crippen LogP contribution < -0.4 is 19.5 Å². The van der Waals surface area contributed by atoms with Gasteiger partial charge in [-0.1, -0.05) is 17.7 Å². The molecular weight excluding hydrogens is 485 g/mol. The number of aryl methyl sites for hydroxylation is 1. The van der Waals surface area contributed by atoms with Crippen LogP contribution in [0.2, 0.25) is 5.02 Å². The van der Waals surface area contributed by atoms with Crippen molar-refractivity contribution >= 4 is 17.5 Å². The third-order valence-electron chi connectivity index (χ3n) is 5.41. The Morgan fingerprint density at radius 1 is 1.17 bits per heavy atom. The van der Waals surface area contributed by atoms with Crippen molar-refractivity contribution in [3.8, 4) is 23.1 Å². The molecule has 184 valence electrons. The van der Waals surface area contributed by atoms with Crippen LogP contribution in [0.15, 0.2) is 48.5 Å². The lowest BCUT2D eigenvalue weighted by Gasteiger charge is -2.19. The molecule has 1 aliphatic rings. The largest absolute Gasteiger partial charge is 0.493 e. The number of hydrogen-bond donors (Lipinski definition) is 1. The summed E-state index contributed by atoms with van der Waals surface area (Å²) in [7, 11) is 1.25. The van der Waals surface area contributed by atoms with E-state index in [9.17, 15) is 18.0 Å². The molecule has 1 N–H and O–H groups in total. The molecule has 1 aromatic heterocycles. The number of alkyl halides is 3. The van der Waals surface area contributed by atoms with Gasteiger partial charge >= 0.3 is 6.18 Å². The average Bonchev–Trinajstić information content (AvgIpc) is 2.84. The fourth-order valence-corrected chi connectivity index (χ4v) is 3.86. The van der Waals surface area contributed by atoms with Crippen molar-refractivity contribution in [2.75, 3.05) is 20.3 Å². The SMILES string of the molecule is COc1nc(C(F)(F)F)ccc1CCNC(=O)c1ccc(Oc2cc3c(cc2Cl)CCCO3)cc1. The molecule has 0 radical (unpaired) electrons. The van der Waals surface area contributed by atoms with Crippen LogP contribution in [-0.4, -0.2) is 31.2 Å². The highest BCUT2D eigenvalue weighted by Gasteiger charge is 2.33. The van der Waals surface area contributed by atoms with Gasteiger partial charge in [0.2, 0.25) is 5.88 Å². The van der Waals surface area contributed by atoms with E-state index in [1.165, 1.54) is 13.2 Å². The van der Waals surface area contributed by atoms with E-state index in [0.29, 0.717) is 34.3 Å². The summed E-state index contributed by atoms with van der Waals surface area (Å²) >= 11 is 6.34. The minimum Gasteiger partial charge on any atom is -0.493 e. The van der Waals surface area contributed by atoms with Crippen LogP contribution in [0.25, 0.3) is 0 Å². The van der Waals surface area contributed by atoms with E-state index in [1.54, 1.807) is 30.3 Å². The van der Waals surface area contributed by atoms with Crippen LogP contribution >= 0.6 is 11.6 Å². The van der Waals surface area contributed by atoms with Gasteiger partial charge in [-0.3, -0.25) is 4.79 Å². The Morgan fingerprint density at radius 3 is 2.66 bits per heavy atom. The highest BCUT2D eigenvalue weighted by Crippen LogP contribution is 2.37. The first-order chi connectivity index (χ1) is 16.7. The molecule has 4 rings (SSSR count). The van der Waals surface area contributed by atoms with Crippen molar-refractivity contribution in [3.05, 3.63) is 75.9 Å². The molecular formula is C25H22ClF3N2O4. The van der Waals surface area contributed by atoms with Crippen molar-refractivity contribution in [2.24, 2.45) is 0 Å². The second-order valence-electron chi connectivity index (χ2n) is 7.84. The van der Waals surface area contributed by atoms with Crippen LogP contribution in [0.5, 0.6) is 23.1 Å².